The van der Waals surface area contributed by atoms with Crippen LogP contribution in [-0.2, 0) is 17.6 Å². The van der Waals surface area contributed by atoms with Gasteiger partial charge >= 0.3 is 5.97 Å². The van der Waals surface area contributed by atoms with Gasteiger partial charge in [-0.15, -0.1) is 0 Å². The lowest BCUT2D eigenvalue weighted by Crippen LogP contribution is -2.11. The smallest absolute Gasteiger partial charge is 0.307 e. The van der Waals surface area contributed by atoms with Gasteiger partial charge in [0.2, 0.25) is 0 Å². The monoisotopic (exact) mass is 312 g/mol. The predicted octanol–water partition coefficient (Wildman–Crippen LogP) is 3.04. The molecule has 4 heteroatoms. The Hall–Kier alpha value is -2.49. The maximum absolute atomic E-state index is 11.2. The van der Waals surface area contributed by atoms with Crippen molar-refractivity contribution in [1.82, 2.24) is 0 Å². The summed E-state index contributed by atoms with van der Waals surface area (Å²) >= 11 is 0. The van der Waals surface area contributed by atoms with E-state index in [1.54, 1.807) is 0 Å². The molecule has 1 N–H and O–H groups in total. The number of carboxylic acid groups (broad SMARTS) is 1. The van der Waals surface area contributed by atoms with Gasteiger partial charge in [-0.3, -0.25) is 4.79 Å². The Morgan fingerprint density at radius 1 is 0.870 bits per heavy atom. The van der Waals surface area contributed by atoms with E-state index in [1.165, 1.54) is 5.56 Å². The van der Waals surface area contributed by atoms with E-state index in [0.717, 1.165) is 28.9 Å². The molecule has 0 unspecified atom stereocenters. The lowest BCUT2D eigenvalue weighted by Gasteiger charge is -2.17. The number of carbonyl (C=O) groups is 1. The molecule has 0 aliphatic carbocycles. The molecule has 122 valence electrons. The first kappa shape index (κ1) is 16.9. The van der Waals surface area contributed by atoms with E-state index in [-0.39, 0.29) is 6.42 Å². The van der Waals surface area contributed by atoms with Gasteiger partial charge in [0.05, 0.1) is 6.42 Å². The highest BCUT2D eigenvalue weighted by Gasteiger charge is 2.10. The summed E-state index contributed by atoms with van der Waals surface area (Å²) in [7, 11) is 7.94. The van der Waals surface area contributed by atoms with Crippen molar-refractivity contribution in [1.29, 1.82) is 0 Å². The number of hydrogen-bond donors (Lipinski definition) is 1. The van der Waals surface area contributed by atoms with Crippen molar-refractivity contribution in [2.75, 3.05) is 38.0 Å². The fourth-order valence-electron chi connectivity index (χ4n) is 2.52. The zero-order valence-corrected chi connectivity index (χ0v) is 14.2. The van der Waals surface area contributed by atoms with Crippen LogP contribution in [0, 0.1) is 0 Å². The number of benzene rings is 2. The first-order valence-electron chi connectivity index (χ1n) is 7.64. The fourth-order valence-corrected chi connectivity index (χ4v) is 2.52. The summed E-state index contributed by atoms with van der Waals surface area (Å²) in [5, 5.41) is 9.17. The first-order chi connectivity index (χ1) is 10.9. The molecule has 0 aliphatic rings. The standard InChI is InChI=1S/C19H24N2O2/c1-20(2)17-8-5-14(6-9-17)11-15-7-10-18(21(3)4)12-16(15)13-19(22)23/h5-10,12H,11,13H2,1-4H3,(H,22,23). The summed E-state index contributed by atoms with van der Waals surface area (Å²) < 4.78 is 0. The lowest BCUT2D eigenvalue weighted by molar-refractivity contribution is -0.136. The van der Waals surface area contributed by atoms with Gasteiger partial charge in [0.1, 0.15) is 0 Å². The van der Waals surface area contributed by atoms with Crippen LogP contribution in [0.4, 0.5) is 11.4 Å². The molecular formula is C19H24N2O2. The van der Waals surface area contributed by atoms with Gasteiger partial charge in [0.15, 0.2) is 0 Å². The average molecular weight is 312 g/mol. The van der Waals surface area contributed by atoms with Crippen molar-refractivity contribution in [3.05, 3.63) is 59.2 Å². The van der Waals surface area contributed by atoms with Crippen LogP contribution >= 0.6 is 0 Å². The number of anilines is 2. The molecule has 23 heavy (non-hydrogen) atoms. The third kappa shape index (κ3) is 4.49. The largest absolute Gasteiger partial charge is 0.481 e. The number of rotatable bonds is 6. The number of aliphatic carboxylic acids is 1. The van der Waals surface area contributed by atoms with Crippen molar-refractivity contribution in [2.24, 2.45) is 0 Å². The molecule has 0 spiro atoms. The molecule has 0 saturated heterocycles. The van der Waals surface area contributed by atoms with Crippen LogP contribution in [0.5, 0.6) is 0 Å². The Labute approximate surface area is 138 Å². The van der Waals surface area contributed by atoms with Gasteiger partial charge in [0, 0.05) is 39.6 Å². The van der Waals surface area contributed by atoms with Gasteiger partial charge in [-0.05, 0) is 47.4 Å². The normalized spacial score (nSPS) is 10.4. The van der Waals surface area contributed by atoms with E-state index in [9.17, 15) is 4.79 Å². The summed E-state index contributed by atoms with van der Waals surface area (Å²) in [4.78, 5) is 15.2. The van der Waals surface area contributed by atoms with Gasteiger partial charge < -0.3 is 14.9 Å². The average Bonchev–Trinajstić information content (AvgIpc) is 2.48. The molecule has 4 nitrogen and oxygen atoms in total. The maximum atomic E-state index is 11.2. The second-order valence-corrected chi connectivity index (χ2v) is 6.16. The second-order valence-electron chi connectivity index (χ2n) is 6.16. The predicted molar refractivity (Wildman–Crippen MR) is 95.7 cm³/mol. The molecule has 0 fully saturated rings. The highest BCUT2D eigenvalue weighted by atomic mass is 16.4. The molecule has 2 rings (SSSR count). The molecule has 2 aromatic rings. The number of hydrogen-bond acceptors (Lipinski definition) is 3. The summed E-state index contributed by atoms with van der Waals surface area (Å²) in [5.74, 6) is -0.801. The zero-order valence-electron chi connectivity index (χ0n) is 14.2. The van der Waals surface area contributed by atoms with Gasteiger partial charge in [0.25, 0.3) is 0 Å². The molecule has 0 amide bonds. The molecule has 0 aromatic heterocycles. The molecule has 0 heterocycles. The van der Waals surface area contributed by atoms with E-state index < -0.39 is 5.97 Å². The Bertz CT molecular complexity index is 676. The minimum atomic E-state index is -0.801. The molecule has 0 aliphatic heterocycles. The Morgan fingerprint density at radius 3 is 1.96 bits per heavy atom. The Balaban J connectivity index is 2.28. The molecule has 0 radical (unpaired) electrons. The third-order valence-electron chi connectivity index (χ3n) is 3.90. The fraction of sp³-hybridized carbons (Fsp3) is 0.316. The van der Waals surface area contributed by atoms with Crippen LogP contribution in [0.1, 0.15) is 16.7 Å². The van der Waals surface area contributed by atoms with E-state index in [2.05, 4.69) is 29.2 Å². The van der Waals surface area contributed by atoms with Crippen molar-refractivity contribution in [3.8, 4) is 0 Å². The van der Waals surface area contributed by atoms with Crippen molar-refractivity contribution in [2.45, 2.75) is 12.8 Å². The van der Waals surface area contributed by atoms with Crippen LogP contribution in [-0.4, -0.2) is 39.3 Å². The lowest BCUT2D eigenvalue weighted by atomic mass is 9.97. The maximum Gasteiger partial charge on any atom is 0.307 e. The molecular weight excluding hydrogens is 288 g/mol. The van der Waals surface area contributed by atoms with Crippen LogP contribution in [0.2, 0.25) is 0 Å². The minimum Gasteiger partial charge on any atom is -0.481 e. The summed E-state index contributed by atoms with van der Waals surface area (Å²) in [5.41, 5.74) is 5.30. The van der Waals surface area contributed by atoms with Crippen LogP contribution in [0.3, 0.4) is 0 Å². The van der Waals surface area contributed by atoms with Crippen molar-refractivity contribution in [3.63, 3.8) is 0 Å². The van der Waals surface area contributed by atoms with Crippen LogP contribution in [0.25, 0.3) is 0 Å². The van der Waals surface area contributed by atoms with Gasteiger partial charge in [-0.1, -0.05) is 18.2 Å². The van der Waals surface area contributed by atoms with E-state index in [1.807, 2.05) is 51.3 Å². The van der Waals surface area contributed by atoms with E-state index in [0.29, 0.717) is 0 Å². The molecule has 0 bridgehead atoms. The molecule has 2 aromatic carbocycles. The topological polar surface area (TPSA) is 43.8 Å². The van der Waals surface area contributed by atoms with Crippen LogP contribution < -0.4 is 9.80 Å². The van der Waals surface area contributed by atoms with Gasteiger partial charge in [-0.2, -0.15) is 0 Å². The van der Waals surface area contributed by atoms with E-state index in [4.69, 9.17) is 5.11 Å². The molecule has 0 saturated carbocycles. The number of nitrogens with zero attached hydrogens (tertiary/aromatic N) is 2. The van der Waals surface area contributed by atoms with Gasteiger partial charge in [-0.25, -0.2) is 0 Å². The zero-order chi connectivity index (χ0) is 17.0. The summed E-state index contributed by atoms with van der Waals surface area (Å²) in [6.07, 6.45) is 0.789. The summed E-state index contributed by atoms with van der Waals surface area (Å²) in [6.45, 7) is 0. The SMILES string of the molecule is CN(C)c1ccc(Cc2ccc(N(C)C)cc2CC(=O)O)cc1. The minimum absolute atomic E-state index is 0.0484. The molecule has 0 atom stereocenters. The Kier molecular flexibility index (Phi) is 5.27. The van der Waals surface area contributed by atoms with Crippen molar-refractivity contribution >= 4 is 17.3 Å². The van der Waals surface area contributed by atoms with Crippen LogP contribution in [0.15, 0.2) is 42.5 Å². The quantitative estimate of drug-likeness (QED) is 0.890. The highest BCUT2D eigenvalue weighted by molar-refractivity contribution is 5.72. The van der Waals surface area contributed by atoms with E-state index >= 15 is 0 Å². The van der Waals surface area contributed by atoms with Crippen molar-refractivity contribution < 1.29 is 9.90 Å². The first-order valence-corrected chi connectivity index (χ1v) is 7.64. The number of carboxylic acids is 1. The second kappa shape index (κ2) is 7.18. The Morgan fingerprint density at radius 2 is 1.43 bits per heavy atom. The highest BCUT2D eigenvalue weighted by Crippen LogP contribution is 2.22. The summed E-state index contributed by atoms with van der Waals surface area (Å²) in [6, 6.07) is 14.4. The third-order valence-corrected chi connectivity index (χ3v) is 3.90.